The van der Waals surface area contributed by atoms with Gasteiger partial charge in [-0.3, -0.25) is 4.79 Å². The van der Waals surface area contributed by atoms with Crippen molar-refractivity contribution in [1.82, 2.24) is 9.88 Å². The number of hydrogen-bond acceptors (Lipinski definition) is 3. The molecule has 0 spiro atoms. The minimum atomic E-state index is 0.0665. The van der Waals surface area contributed by atoms with Gasteiger partial charge in [0.1, 0.15) is 5.69 Å². The molecule has 1 aliphatic rings. The maximum absolute atomic E-state index is 12.4. The molecule has 0 aromatic carbocycles. The molecule has 19 heavy (non-hydrogen) atoms. The fourth-order valence-electron chi connectivity index (χ4n) is 2.15. The van der Waals surface area contributed by atoms with Crippen molar-refractivity contribution in [3.05, 3.63) is 24.0 Å². The second-order valence-electron chi connectivity index (χ2n) is 5.16. The number of aromatic nitrogens is 1. The van der Waals surface area contributed by atoms with Crippen molar-refractivity contribution in [2.24, 2.45) is 5.92 Å². The second-order valence-corrected chi connectivity index (χ2v) is 5.16. The lowest BCUT2D eigenvalue weighted by atomic mass is 10.2. The van der Waals surface area contributed by atoms with E-state index >= 15 is 0 Å². The minimum Gasteiger partial charge on any atom is -0.384 e. The molecule has 1 aromatic heterocycles. The van der Waals surface area contributed by atoms with E-state index in [2.05, 4.69) is 17.2 Å². The number of hydrogen-bond donors (Lipinski definition) is 1. The predicted molar refractivity (Wildman–Crippen MR) is 77.3 cm³/mol. The van der Waals surface area contributed by atoms with Crippen LogP contribution in [0, 0.1) is 5.92 Å². The molecule has 1 amide bonds. The van der Waals surface area contributed by atoms with E-state index in [4.69, 9.17) is 0 Å². The second kappa shape index (κ2) is 6.55. The standard InChI is InChI=1S/C15H23N3O/c1-3-9-18(11-12-5-6-12)15(19)14-8-7-13(10-17-14)16-4-2/h7-8,10,12,16H,3-6,9,11H2,1-2H3. The highest BCUT2D eigenvalue weighted by Gasteiger charge is 2.27. The summed E-state index contributed by atoms with van der Waals surface area (Å²) in [6.45, 7) is 6.72. The number of rotatable bonds is 7. The topological polar surface area (TPSA) is 45.2 Å². The first kappa shape index (κ1) is 13.8. The summed E-state index contributed by atoms with van der Waals surface area (Å²) >= 11 is 0. The summed E-state index contributed by atoms with van der Waals surface area (Å²) in [5.41, 5.74) is 1.51. The van der Waals surface area contributed by atoms with Gasteiger partial charge in [0, 0.05) is 19.6 Å². The van der Waals surface area contributed by atoms with E-state index < -0.39 is 0 Å². The highest BCUT2D eigenvalue weighted by atomic mass is 16.2. The molecule has 1 aliphatic carbocycles. The number of anilines is 1. The molecule has 1 heterocycles. The number of nitrogens with zero attached hydrogens (tertiary/aromatic N) is 2. The van der Waals surface area contributed by atoms with Crippen LogP contribution in [0.1, 0.15) is 43.6 Å². The van der Waals surface area contributed by atoms with Crippen LogP contribution in [-0.2, 0) is 0 Å². The van der Waals surface area contributed by atoms with Crippen LogP contribution in [0.5, 0.6) is 0 Å². The van der Waals surface area contributed by atoms with Crippen LogP contribution >= 0.6 is 0 Å². The van der Waals surface area contributed by atoms with Crippen molar-refractivity contribution < 1.29 is 4.79 Å². The van der Waals surface area contributed by atoms with Crippen molar-refractivity contribution in [3.63, 3.8) is 0 Å². The minimum absolute atomic E-state index is 0.0665. The molecule has 1 saturated carbocycles. The van der Waals surface area contributed by atoms with Crippen molar-refractivity contribution in [1.29, 1.82) is 0 Å². The smallest absolute Gasteiger partial charge is 0.272 e. The number of amides is 1. The van der Waals surface area contributed by atoms with Crippen LogP contribution in [0.15, 0.2) is 18.3 Å². The van der Waals surface area contributed by atoms with Gasteiger partial charge in [0.25, 0.3) is 5.91 Å². The van der Waals surface area contributed by atoms with Crippen LogP contribution in [0.25, 0.3) is 0 Å². The molecule has 0 unspecified atom stereocenters. The van der Waals surface area contributed by atoms with E-state index in [0.29, 0.717) is 5.69 Å². The third-order valence-corrected chi connectivity index (χ3v) is 3.32. The highest BCUT2D eigenvalue weighted by Crippen LogP contribution is 2.30. The molecule has 4 nitrogen and oxygen atoms in total. The van der Waals surface area contributed by atoms with Gasteiger partial charge in [0.2, 0.25) is 0 Å². The maximum Gasteiger partial charge on any atom is 0.272 e. The monoisotopic (exact) mass is 261 g/mol. The quantitative estimate of drug-likeness (QED) is 0.821. The van der Waals surface area contributed by atoms with Gasteiger partial charge in [0.05, 0.1) is 11.9 Å². The van der Waals surface area contributed by atoms with Gasteiger partial charge in [-0.25, -0.2) is 4.98 Å². The Bertz CT molecular complexity index is 412. The van der Waals surface area contributed by atoms with E-state index in [9.17, 15) is 4.79 Å². The van der Waals surface area contributed by atoms with Gasteiger partial charge in [0.15, 0.2) is 0 Å². The summed E-state index contributed by atoms with van der Waals surface area (Å²) in [5, 5.41) is 3.18. The number of carbonyl (C=O) groups is 1. The van der Waals surface area contributed by atoms with E-state index in [1.807, 2.05) is 24.0 Å². The number of carbonyl (C=O) groups excluding carboxylic acids is 1. The Hall–Kier alpha value is -1.58. The fourth-order valence-corrected chi connectivity index (χ4v) is 2.15. The lowest BCUT2D eigenvalue weighted by Crippen LogP contribution is -2.34. The van der Waals surface area contributed by atoms with Gasteiger partial charge in [-0.15, -0.1) is 0 Å². The first-order chi connectivity index (χ1) is 9.24. The summed E-state index contributed by atoms with van der Waals surface area (Å²) < 4.78 is 0. The number of nitrogens with one attached hydrogen (secondary N) is 1. The van der Waals surface area contributed by atoms with Crippen LogP contribution in [0.2, 0.25) is 0 Å². The maximum atomic E-state index is 12.4. The average Bonchev–Trinajstić information content (AvgIpc) is 3.23. The molecule has 2 rings (SSSR count). The van der Waals surface area contributed by atoms with E-state index in [-0.39, 0.29) is 5.91 Å². The van der Waals surface area contributed by atoms with Gasteiger partial charge in [-0.2, -0.15) is 0 Å². The molecular formula is C15H23N3O. The lowest BCUT2D eigenvalue weighted by molar-refractivity contribution is 0.0742. The molecule has 0 bridgehead atoms. The molecule has 1 fully saturated rings. The van der Waals surface area contributed by atoms with Crippen LogP contribution in [0.4, 0.5) is 5.69 Å². The molecule has 0 atom stereocenters. The molecule has 4 heteroatoms. The fraction of sp³-hybridized carbons (Fsp3) is 0.600. The Labute approximate surface area is 115 Å². The Morgan fingerprint density at radius 3 is 2.74 bits per heavy atom. The van der Waals surface area contributed by atoms with Crippen molar-refractivity contribution in [2.45, 2.75) is 33.1 Å². The third kappa shape index (κ3) is 3.94. The summed E-state index contributed by atoms with van der Waals surface area (Å²) in [7, 11) is 0. The Balaban J connectivity index is 2.02. The molecule has 0 saturated heterocycles. The predicted octanol–water partition coefficient (Wildman–Crippen LogP) is 2.78. The van der Waals surface area contributed by atoms with E-state index in [1.54, 1.807) is 6.20 Å². The van der Waals surface area contributed by atoms with Gasteiger partial charge >= 0.3 is 0 Å². The first-order valence-corrected chi connectivity index (χ1v) is 7.23. The van der Waals surface area contributed by atoms with Crippen LogP contribution in [-0.4, -0.2) is 35.4 Å². The zero-order valence-electron chi connectivity index (χ0n) is 11.9. The van der Waals surface area contributed by atoms with Crippen molar-refractivity contribution in [2.75, 3.05) is 25.0 Å². The third-order valence-electron chi connectivity index (χ3n) is 3.32. The lowest BCUT2D eigenvalue weighted by Gasteiger charge is -2.21. The largest absolute Gasteiger partial charge is 0.384 e. The zero-order chi connectivity index (χ0) is 13.7. The van der Waals surface area contributed by atoms with Crippen molar-refractivity contribution >= 4 is 11.6 Å². The molecular weight excluding hydrogens is 238 g/mol. The normalized spacial score (nSPS) is 14.2. The van der Waals surface area contributed by atoms with E-state index in [0.717, 1.165) is 37.7 Å². The Kier molecular flexibility index (Phi) is 4.77. The van der Waals surface area contributed by atoms with Crippen molar-refractivity contribution in [3.8, 4) is 0 Å². The van der Waals surface area contributed by atoms with Gasteiger partial charge in [-0.1, -0.05) is 6.92 Å². The van der Waals surface area contributed by atoms with E-state index in [1.165, 1.54) is 12.8 Å². The summed E-state index contributed by atoms with van der Waals surface area (Å²) in [5.74, 6) is 0.785. The zero-order valence-corrected chi connectivity index (χ0v) is 11.9. The molecule has 0 aliphatic heterocycles. The van der Waals surface area contributed by atoms with Crippen LogP contribution in [0.3, 0.4) is 0 Å². The van der Waals surface area contributed by atoms with Gasteiger partial charge in [-0.05, 0) is 44.2 Å². The Morgan fingerprint density at radius 1 is 1.42 bits per heavy atom. The van der Waals surface area contributed by atoms with Crippen LogP contribution < -0.4 is 5.32 Å². The van der Waals surface area contributed by atoms with Gasteiger partial charge < -0.3 is 10.2 Å². The number of pyridine rings is 1. The molecule has 1 aromatic rings. The average molecular weight is 261 g/mol. The SMILES string of the molecule is CCCN(CC1CC1)C(=O)c1ccc(NCC)cn1. The first-order valence-electron chi connectivity index (χ1n) is 7.23. The summed E-state index contributed by atoms with van der Waals surface area (Å²) in [4.78, 5) is 18.6. The summed E-state index contributed by atoms with van der Waals surface area (Å²) in [6.07, 6.45) is 5.26. The Morgan fingerprint density at radius 2 is 2.21 bits per heavy atom. The summed E-state index contributed by atoms with van der Waals surface area (Å²) in [6, 6.07) is 3.74. The molecule has 0 radical (unpaired) electrons. The molecule has 1 N–H and O–H groups in total. The highest BCUT2D eigenvalue weighted by molar-refractivity contribution is 5.92. The molecule has 104 valence electrons.